The molecule has 0 amide bonds. The zero-order chi connectivity index (χ0) is 11.9. The van der Waals surface area contributed by atoms with Gasteiger partial charge in [-0.1, -0.05) is 0 Å². The standard InChI is InChI=1S/C10H10N2O4/c11-8-4-6(12(15)16)3-7(10(13)14)9(8)5-1-2-5/h3-5H,1-2,11H2,(H,13,14). The van der Waals surface area contributed by atoms with Crippen LogP contribution in [0.5, 0.6) is 0 Å². The molecule has 3 N–H and O–H groups in total. The molecule has 6 heteroatoms. The third-order valence-electron chi connectivity index (χ3n) is 2.62. The summed E-state index contributed by atoms with van der Waals surface area (Å²) in [7, 11) is 0. The normalized spacial score (nSPS) is 14.8. The topological polar surface area (TPSA) is 106 Å². The van der Waals surface area contributed by atoms with Gasteiger partial charge in [0.2, 0.25) is 0 Å². The number of rotatable bonds is 3. The van der Waals surface area contributed by atoms with Crippen molar-refractivity contribution in [2.75, 3.05) is 5.73 Å². The fourth-order valence-corrected chi connectivity index (χ4v) is 1.77. The third-order valence-corrected chi connectivity index (χ3v) is 2.62. The van der Waals surface area contributed by atoms with E-state index in [-0.39, 0.29) is 22.9 Å². The molecule has 6 nitrogen and oxygen atoms in total. The largest absolute Gasteiger partial charge is 0.478 e. The molecule has 1 aliphatic carbocycles. The van der Waals surface area contributed by atoms with E-state index in [9.17, 15) is 14.9 Å². The number of hydrogen-bond donors (Lipinski definition) is 2. The number of nitro groups is 1. The quantitative estimate of drug-likeness (QED) is 0.460. The highest BCUT2D eigenvalue weighted by atomic mass is 16.6. The van der Waals surface area contributed by atoms with Crippen LogP contribution >= 0.6 is 0 Å². The summed E-state index contributed by atoms with van der Waals surface area (Å²) in [5.41, 5.74) is 6.09. The van der Waals surface area contributed by atoms with Crippen LogP contribution in [-0.2, 0) is 0 Å². The lowest BCUT2D eigenvalue weighted by Crippen LogP contribution is -2.06. The molecule has 0 bridgehead atoms. The molecule has 1 aromatic carbocycles. The number of carboxylic acids is 1. The Morgan fingerprint density at radius 3 is 2.56 bits per heavy atom. The molecule has 16 heavy (non-hydrogen) atoms. The average Bonchev–Trinajstić information content (AvgIpc) is 2.99. The van der Waals surface area contributed by atoms with Crippen LogP contribution in [0, 0.1) is 10.1 Å². The van der Waals surface area contributed by atoms with Crippen molar-refractivity contribution >= 4 is 17.3 Å². The van der Waals surface area contributed by atoms with Crippen LogP contribution in [0.1, 0.15) is 34.7 Å². The van der Waals surface area contributed by atoms with Gasteiger partial charge in [-0.25, -0.2) is 4.79 Å². The van der Waals surface area contributed by atoms with E-state index >= 15 is 0 Å². The number of nitrogen functional groups attached to an aromatic ring is 1. The Labute approximate surface area is 90.8 Å². The molecule has 0 atom stereocenters. The summed E-state index contributed by atoms with van der Waals surface area (Å²) in [4.78, 5) is 20.9. The molecule has 1 aliphatic rings. The summed E-state index contributed by atoms with van der Waals surface area (Å²) in [6, 6.07) is 2.30. The first-order chi connectivity index (χ1) is 7.50. The van der Waals surface area contributed by atoms with Crippen molar-refractivity contribution in [1.82, 2.24) is 0 Å². The summed E-state index contributed by atoms with van der Waals surface area (Å²) in [5, 5.41) is 19.6. The summed E-state index contributed by atoms with van der Waals surface area (Å²) in [6.45, 7) is 0. The first-order valence-electron chi connectivity index (χ1n) is 4.82. The number of carboxylic acid groups (broad SMARTS) is 1. The third kappa shape index (κ3) is 1.69. The smallest absolute Gasteiger partial charge is 0.336 e. The van der Waals surface area contributed by atoms with Crippen LogP contribution in [-0.4, -0.2) is 16.0 Å². The van der Waals surface area contributed by atoms with Crippen LogP contribution in [0.15, 0.2) is 12.1 Å². The lowest BCUT2D eigenvalue weighted by atomic mass is 10.0. The maximum atomic E-state index is 11.0. The molecule has 1 saturated carbocycles. The minimum Gasteiger partial charge on any atom is -0.478 e. The van der Waals surface area contributed by atoms with Crippen molar-refractivity contribution in [3.8, 4) is 0 Å². The second kappa shape index (κ2) is 3.48. The Morgan fingerprint density at radius 1 is 1.50 bits per heavy atom. The van der Waals surface area contributed by atoms with Crippen LogP contribution in [0.3, 0.4) is 0 Å². The molecule has 0 heterocycles. The van der Waals surface area contributed by atoms with E-state index < -0.39 is 10.9 Å². The van der Waals surface area contributed by atoms with Crippen LogP contribution in [0.25, 0.3) is 0 Å². The van der Waals surface area contributed by atoms with Crippen molar-refractivity contribution < 1.29 is 14.8 Å². The van der Waals surface area contributed by atoms with E-state index in [1.165, 1.54) is 6.07 Å². The number of nitro benzene ring substituents is 1. The Kier molecular flexibility index (Phi) is 2.26. The van der Waals surface area contributed by atoms with E-state index in [1.807, 2.05) is 0 Å². The molecular formula is C10H10N2O4. The van der Waals surface area contributed by atoms with Gasteiger partial charge in [0.25, 0.3) is 5.69 Å². The fraction of sp³-hybridized carbons (Fsp3) is 0.300. The van der Waals surface area contributed by atoms with E-state index in [0.29, 0.717) is 5.56 Å². The Morgan fingerprint density at radius 2 is 2.12 bits per heavy atom. The second-order valence-electron chi connectivity index (χ2n) is 3.83. The molecule has 0 aromatic heterocycles. The highest BCUT2D eigenvalue weighted by Gasteiger charge is 2.31. The molecule has 1 fully saturated rings. The fourth-order valence-electron chi connectivity index (χ4n) is 1.77. The Bertz CT molecular complexity index is 480. The summed E-state index contributed by atoms with van der Waals surface area (Å²) in [6.07, 6.45) is 1.78. The van der Waals surface area contributed by atoms with Crippen molar-refractivity contribution in [2.24, 2.45) is 0 Å². The average molecular weight is 222 g/mol. The van der Waals surface area contributed by atoms with Crippen molar-refractivity contribution in [1.29, 1.82) is 0 Å². The Hall–Kier alpha value is -2.11. The highest BCUT2D eigenvalue weighted by Crippen LogP contribution is 2.45. The minimum absolute atomic E-state index is 0.0470. The number of nitrogens with two attached hydrogens (primary N) is 1. The summed E-state index contributed by atoms with van der Waals surface area (Å²) < 4.78 is 0. The zero-order valence-corrected chi connectivity index (χ0v) is 8.34. The maximum Gasteiger partial charge on any atom is 0.336 e. The van der Waals surface area contributed by atoms with Crippen molar-refractivity contribution in [3.63, 3.8) is 0 Å². The maximum absolute atomic E-state index is 11.0. The van der Waals surface area contributed by atoms with Gasteiger partial charge in [-0.3, -0.25) is 10.1 Å². The Balaban J connectivity index is 2.60. The lowest BCUT2D eigenvalue weighted by molar-refractivity contribution is -0.384. The molecule has 0 radical (unpaired) electrons. The number of aromatic carboxylic acids is 1. The summed E-state index contributed by atoms with van der Waals surface area (Å²) in [5.74, 6) is -1.02. The molecule has 0 aliphatic heterocycles. The van der Waals surface area contributed by atoms with Gasteiger partial charge < -0.3 is 10.8 Å². The van der Waals surface area contributed by atoms with Gasteiger partial charge in [-0.2, -0.15) is 0 Å². The van der Waals surface area contributed by atoms with Crippen LogP contribution in [0.2, 0.25) is 0 Å². The second-order valence-corrected chi connectivity index (χ2v) is 3.83. The number of benzene rings is 1. The number of carbonyl (C=O) groups is 1. The van der Waals surface area contributed by atoms with E-state index in [4.69, 9.17) is 10.8 Å². The van der Waals surface area contributed by atoms with Crippen molar-refractivity contribution in [2.45, 2.75) is 18.8 Å². The van der Waals surface area contributed by atoms with E-state index in [2.05, 4.69) is 0 Å². The van der Waals surface area contributed by atoms with Crippen LogP contribution < -0.4 is 5.73 Å². The van der Waals surface area contributed by atoms with Gasteiger partial charge in [0.15, 0.2) is 0 Å². The zero-order valence-electron chi connectivity index (χ0n) is 8.34. The molecule has 2 rings (SSSR count). The highest BCUT2D eigenvalue weighted by molar-refractivity contribution is 5.92. The predicted octanol–water partition coefficient (Wildman–Crippen LogP) is 1.75. The number of anilines is 1. The predicted molar refractivity (Wildman–Crippen MR) is 56.4 cm³/mol. The van der Waals surface area contributed by atoms with E-state index in [0.717, 1.165) is 18.9 Å². The van der Waals surface area contributed by atoms with E-state index in [1.54, 1.807) is 0 Å². The molecule has 84 valence electrons. The molecular weight excluding hydrogens is 212 g/mol. The number of hydrogen-bond acceptors (Lipinski definition) is 4. The van der Waals surface area contributed by atoms with Gasteiger partial charge in [-0.05, 0) is 24.3 Å². The molecule has 1 aromatic rings. The summed E-state index contributed by atoms with van der Waals surface area (Å²) >= 11 is 0. The van der Waals surface area contributed by atoms with Crippen molar-refractivity contribution in [3.05, 3.63) is 33.4 Å². The van der Waals surface area contributed by atoms with Gasteiger partial charge in [0.1, 0.15) is 0 Å². The van der Waals surface area contributed by atoms with Gasteiger partial charge >= 0.3 is 5.97 Å². The monoisotopic (exact) mass is 222 g/mol. The van der Waals surface area contributed by atoms with Gasteiger partial charge in [-0.15, -0.1) is 0 Å². The van der Waals surface area contributed by atoms with Gasteiger partial charge in [0, 0.05) is 17.8 Å². The molecule has 0 spiro atoms. The lowest BCUT2D eigenvalue weighted by Gasteiger charge is -2.08. The van der Waals surface area contributed by atoms with Gasteiger partial charge in [0.05, 0.1) is 10.5 Å². The molecule has 0 unspecified atom stereocenters. The first kappa shape index (κ1) is 10.4. The van der Waals surface area contributed by atoms with Crippen LogP contribution in [0.4, 0.5) is 11.4 Å². The first-order valence-corrected chi connectivity index (χ1v) is 4.82. The SMILES string of the molecule is Nc1cc([N+](=O)[O-])cc(C(=O)O)c1C1CC1. The minimum atomic E-state index is -1.17. The molecule has 0 saturated heterocycles. The number of nitrogens with zero attached hydrogens (tertiary/aromatic N) is 1. The number of non-ortho nitro benzene ring substituents is 1.